The lowest BCUT2D eigenvalue weighted by atomic mass is 9.84. The predicted octanol–water partition coefficient (Wildman–Crippen LogP) is 7.77. The van der Waals surface area contributed by atoms with E-state index >= 15 is 0 Å². The van der Waals surface area contributed by atoms with Crippen molar-refractivity contribution in [1.82, 2.24) is 15.3 Å². The number of halogens is 10. The number of hydrogen-bond acceptors (Lipinski definition) is 8. The van der Waals surface area contributed by atoms with Gasteiger partial charge in [0.05, 0.1) is 5.52 Å². The van der Waals surface area contributed by atoms with Crippen molar-refractivity contribution in [1.29, 1.82) is 0 Å². The van der Waals surface area contributed by atoms with Crippen LogP contribution in [0.5, 0.6) is 5.75 Å². The van der Waals surface area contributed by atoms with Gasteiger partial charge in [0.1, 0.15) is 11.6 Å². The fourth-order valence-corrected chi connectivity index (χ4v) is 5.01. The molecule has 0 spiro atoms. The highest BCUT2D eigenvalue weighted by atomic mass is 79.9. The Morgan fingerprint density at radius 1 is 0.900 bits per heavy atom. The quantitative estimate of drug-likeness (QED) is 0.126. The van der Waals surface area contributed by atoms with Gasteiger partial charge in [-0.3, -0.25) is 0 Å². The van der Waals surface area contributed by atoms with Gasteiger partial charge in [-0.2, -0.15) is 31.3 Å². The van der Waals surface area contributed by atoms with Crippen LogP contribution in [0.15, 0.2) is 46.9 Å². The zero-order valence-corrected chi connectivity index (χ0v) is 28.0. The van der Waals surface area contributed by atoms with Crippen LogP contribution in [-0.4, -0.2) is 77.5 Å². The molecule has 0 unspecified atom stereocenters. The topological polar surface area (TPSA) is 137 Å². The van der Waals surface area contributed by atoms with Crippen LogP contribution in [0.3, 0.4) is 0 Å². The molecule has 0 aliphatic heterocycles. The Bertz CT molecular complexity index is 1540. The number of rotatable bonds is 9. The molecule has 278 valence electrons. The number of anilines is 2. The van der Waals surface area contributed by atoms with E-state index in [0.717, 1.165) is 55.4 Å². The molecular formula is C30H33BrF9N5O5. The van der Waals surface area contributed by atoms with Crippen LogP contribution in [0, 0.1) is 5.92 Å². The average molecular weight is 795 g/mol. The molecule has 4 rings (SSSR count). The molecule has 2 aromatic carbocycles. The van der Waals surface area contributed by atoms with Gasteiger partial charge < -0.3 is 30.5 Å². The minimum absolute atomic E-state index is 0.177. The molecule has 3 aromatic rings. The van der Waals surface area contributed by atoms with E-state index < -0.39 is 30.7 Å². The van der Waals surface area contributed by atoms with Crippen LogP contribution in [0.1, 0.15) is 37.7 Å². The van der Waals surface area contributed by atoms with Crippen LogP contribution in [0.25, 0.3) is 10.9 Å². The monoisotopic (exact) mass is 793 g/mol. The van der Waals surface area contributed by atoms with E-state index in [-0.39, 0.29) is 5.75 Å². The molecule has 0 radical (unpaired) electrons. The summed E-state index contributed by atoms with van der Waals surface area (Å²) in [5.41, 5.74) is 1.41. The van der Waals surface area contributed by atoms with Gasteiger partial charge in [0.25, 0.3) is 0 Å². The van der Waals surface area contributed by atoms with Gasteiger partial charge in [0.2, 0.25) is 5.95 Å². The Labute approximate surface area is 288 Å². The van der Waals surface area contributed by atoms with Crippen LogP contribution >= 0.6 is 15.9 Å². The number of carbonyl (C=O) groups is 2. The summed E-state index contributed by atoms with van der Waals surface area (Å²) in [6.45, 7) is 1.06. The molecule has 1 saturated carbocycles. The summed E-state index contributed by atoms with van der Waals surface area (Å²) in [6.07, 6.45) is -9.64. The largest absolute Gasteiger partial charge is 0.573 e. The summed E-state index contributed by atoms with van der Waals surface area (Å²) in [6, 6.07) is 13.1. The fourth-order valence-electron chi connectivity index (χ4n) is 4.67. The standard InChI is InChI=1S/C26H31BrF3N5O.2C2HF3O2/c1-35(2)24-21-5-3-4-6-22(21)33-25(34-24)32-20-11-7-17(8-12-20)13-14-31-16-18-9-10-19(27)15-23(18)36-26(28,29)30;2*3-2(4,5)1(6)7/h3-6,9-10,15,17,20,31H,7-8,11-14,16H2,1-2H3,(H,32,33,34);2*(H,6,7). The number of nitrogens with one attached hydrogen (secondary N) is 2. The summed E-state index contributed by atoms with van der Waals surface area (Å²) >= 11 is 3.20. The van der Waals surface area contributed by atoms with Gasteiger partial charge in [0, 0.05) is 42.1 Å². The second kappa shape index (κ2) is 18.2. The normalized spacial score (nSPS) is 16.3. The average Bonchev–Trinajstić information content (AvgIpc) is 2.99. The molecule has 1 fully saturated rings. The molecule has 1 aliphatic carbocycles. The molecule has 10 nitrogen and oxygen atoms in total. The Hall–Kier alpha value is -4.07. The van der Waals surface area contributed by atoms with Crippen LogP contribution in [0.2, 0.25) is 0 Å². The second-order valence-corrected chi connectivity index (χ2v) is 11.9. The molecule has 4 N–H and O–H groups in total. The number of carboxylic acid groups (broad SMARTS) is 2. The van der Waals surface area contributed by atoms with Gasteiger partial charge in [0.15, 0.2) is 0 Å². The van der Waals surface area contributed by atoms with Crippen LogP contribution in [0.4, 0.5) is 51.3 Å². The minimum Gasteiger partial charge on any atom is -0.475 e. The lowest BCUT2D eigenvalue weighted by Crippen LogP contribution is -2.29. The van der Waals surface area contributed by atoms with Crippen molar-refractivity contribution in [2.75, 3.05) is 30.9 Å². The number of aromatic nitrogens is 2. The zero-order valence-electron chi connectivity index (χ0n) is 26.4. The van der Waals surface area contributed by atoms with E-state index in [1.165, 1.54) is 6.07 Å². The highest BCUT2D eigenvalue weighted by Crippen LogP contribution is 2.31. The third-order valence-corrected chi connectivity index (χ3v) is 7.46. The number of alkyl halides is 9. The Balaban J connectivity index is 0.000000521. The van der Waals surface area contributed by atoms with Crippen LogP contribution in [-0.2, 0) is 16.1 Å². The highest BCUT2D eigenvalue weighted by molar-refractivity contribution is 9.10. The number of aliphatic carboxylic acids is 2. The van der Waals surface area contributed by atoms with Crippen molar-refractivity contribution < 1.29 is 64.1 Å². The van der Waals surface area contributed by atoms with E-state index in [9.17, 15) is 39.5 Å². The first-order chi connectivity index (χ1) is 23.1. The Morgan fingerprint density at radius 2 is 1.46 bits per heavy atom. The molecule has 0 saturated heterocycles. The maximum atomic E-state index is 12.7. The summed E-state index contributed by atoms with van der Waals surface area (Å²) in [5, 5.41) is 22.1. The third kappa shape index (κ3) is 14.8. The summed E-state index contributed by atoms with van der Waals surface area (Å²) < 4.78 is 106. The molecule has 50 heavy (non-hydrogen) atoms. The number of ether oxygens (including phenoxy) is 1. The first kappa shape index (κ1) is 42.1. The van der Waals surface area contributed by atoms with Gasteiger partial charge in [-0.1, -0.05) is 34.1 Å². The van der Waals surface area contributed by atoms with Gasteiger partial charge in [-0.05, 0) is 68.8 Å². The minimum atomic E-state index is -5.08. The maximum absolute atomic E-state index is 12.7. The summed E-state index contributed by atoms with van der Waals surface area (Å²) in [5.74, 6) is -3.54. The molecule has 1 aromatic heterocycles. The number of fused-ring (bicyclic) bond motifs is 1. The molecule has 0 atom stereocenters. The van der Waals surface area contributed by atoms with Gasteiger partial charge >= 0.3 is 30.7 Å². The van der Waals surface area contributed by atoms with Crippen molar-refractivity contribution in [3.63, 3.8) is 0 Å². The van der Waals surface area contributed by atoms with Crippen molar-refractivity contribution in [2.24, 2.45) is 5.92 Å². The van der Waals surface area contributed by atoms with Crippen molar-refractivity contribution >= 4 is 50.5 Å². The predicted molar refractivity (Wildman–Crippen MR) is 168 cm³/mol. The van der Waals surface area contributed by atoms with E-state index in [0.29, 0.717) is 34.5 Å². The van der Waals surface area contributed by atoms with Crippen LogP contribution < -0.4 is 20.3 Å². The lowest BCUT2D eigenvalue weighted by molar-refractivity contribution is -0.275. The van der Waals surface area contributed by atoms with E-state index in [1.807, 2.05) is 43.3 Å². The number of benzene rings is 2. The highest BCUT2D eigenvalue weighted by Gasteiger charge is 2.39. The maximum Gasteiger partial charge on any atom is 0.573 e. The molecule has 1 aliphatic rings. The Kier molecular flexibility index (Phi) is 15.4. The molecule has 1 heterocycles. The van der Waals surface area contributed by atoms with E-state index in [4.69, 9.17) is 29.8 Å². The third-order valence-electron chi connectivity index (χ3n) is 6.97. The van der Waals surface area contributed by atoms with Crippen molar-refractivity contribution in [3.05, 3.63) is 52.5 Å². The van der Waals surface area contributed by atoms with E-state index in [1.54, 1.807) is 12.1 Å². The lowest BCUT2D eigenvalue weighted by Gasteiger charge is -2.29. The molecular weight excluding hydrogens is 761 g/mol. The zero-order chi connectivity index (χ0) is 37.9. The second-order valence-electron chi connectivity index (χ2n) is 11.0. The summed E-state index contributed by atoms with van der Waals surface area (Å²) in [4.78, 5) is 29.3. The number of para-hydroxylation sites is 1. The number of nitrogens with zero attached hydrogens (tertiary/aromatic N) is 3. The number of hydrogen-bond donors (Lipinski definition) is 4. The van der Waals surface area contributed by atoms with Gasteiger partial charge in [-0.15, -0.1) is 13.2 Å². The SMILES string of the molecule is CN(C)c1nc(NC2CCC(CCNCc3ccc(Br)cc3OC(F)(F)F)CC2)nc2ccccc12.O=C(O)C(F)(F)F.O=C(O)C(F)(F)F. The smallest absolute Gasteiger partial charge is 0.475 e. The van der Waals surface area contributed by atoms with Crippen molar-refractivity contribution in [3.8, 4) is 5.75 Å². The van der Waals surface area contributed by atoms with E-state index in [2.05, 4.69) is 31.3 Å². The molecule has 20 heteroatoms. The first-order valence-electron chi connectivity index (χ1n) is 14.6. The first-order valence-corrected chi connectivity index (χ1v) is 15.4. The Morgan fingerprint density at radius 3 is 1.98 bits per heavy atom. The number of carboxylic acids is 2. The van der Waals surface area contributed by atoms with Gasteiger partial charge in [-0.25, -0.2) is 14.6 Å². The molecule has 0 bridgehead atoms. The fraction of sp³-hybridized carbons (Fsp3) is 0.467. The molecule has 0 amide bonds. The summed E-state index contributed by atoms with van der Waals surface area (Å²) in [7, 11) is 3.97. The van der Waals surface area contributed by atoms with Crippen molar-refractivity contribution in [2.45, 2.75) is 63.4 Å².